The fraction of sp³-hybridized carbons (Fsp3) is 0.240. The van der Waals surface area contributed by atoms with Gasteiger partial charge < -0.3 is 19.4 Å². The number of rotatable bonds is 11. The second-order valence-corrected chi connectivity index (χ2v) is 9.87. The zero-order valence-corrected chi connectivity index (χ0v) is 21.5. The molecule has 2 aromatic carbocycles. The number of aryl methyl sites for hydroxylation is 1. The molecule has 0 aliphatic carbocycles. The van der Waals surface area contributed by atoms with Gasteiger partial charge in [0.25, 0.3) is 0 Å². The topological polar surface area (TPSA) is 133 Å². The molecule has 202 valence electrons. The molecule has 0 radical (unpaired) electrons. The Kier molecular flexibility index (Phi) is 8.96. The molecule has 0 aliphatic rings. The van der Waals surface area contributed by atoms with Gasteiger partial charge in [-0.25, -0.2) is 8.42 Å². The number of benzene rings is 2. The van der Waals surface area contributed by atoms with E-state index >= 15 is 0 Å². The third-order valence-corrected chi connectivity index (χ3v) is 6.72. The van der Waals surface area contributed by atoms with Crippen LogP contribution in [0.3, 0.4) is 0 Å². The quantitative estimate of drug-likeness (QED) is 0.277. The monoisotopic (exact) mass is 549 g/mol. The van der Waals surface area contributed by atoms with Gasteiger partial charge in [0.2, 0.25) is 21.7 Å². The summed E-state index contributed by atoms with van der Waals surface area (Å²) in [7, 11) is -4.04. The van der Waals surface area contributed by atoms with E-state index in [4.69, 9.17) is 4.74 Å². The van der Waals surface area contributed by atoms with E-state index in [0.717, 1.165) is 0 Å². The lowest BCUT2D eigenvalue weighted by atomic mass is 10.1. The number of Topliss-reactive ketones (excluding diaryl/α,β-unsaturated/α-hetero) is 1. The minimum atomic E-state index is -4.04. The van der Waals surface area contributed by atoms with E-state index < -0.39 is 41.5 Å². The molecule has 1 aromatic heterocycles. The Labute approximate surface area is 217 Å². The number of nitrogens with one attached hydrogen (secondary N) is 2. The maximum absolute atomic E-state index is 12.7. The first-order valence-corrected chi connectivity index (χ1v) is 12.7. The van der Waals surface area contributed by atoms with Gasteiger partial charge in [-0.15, -0.1) is 0 Å². The highest BCUT2D eigenvalue weighted by Gasteiger charge is 2.20. The molecule has 0 atom stereocenters. The van der Waals surface area contributed by atoms with E-state index in [1.54, 1.807) is 36.6 Å². The molecule has 0 unspecified atom stereocenters. The second kappa shape index (κ2) is 12.0. The number of alkyl halides is 2. The Balaban J connectivity index is 1.58. The molecular weight excluding hydrogens is 524 g/mol. The van der Waals surface area contributed by atoms with Crippen molar-refractivity contribution in [3.05, 3.63) is 71.5 Å². The summed E-state index contributed by atoms with van der Waals surface area (Å²) in [6, 6.07) is 12.8. The number of halogens is 2. The Hall–Kier alpha value is -4.10. The summed E-state index contributed by atoms with van der Waals surface area (Å²) in [6.45, 7) is 0.483. The van der Waals surface area contributed by atoms with Crippen molar-refractivity contribution in [2.24, 2.45) is 0 Å². The van der Waals surface area contributed by atoms with Gasteiger partial charge in [-0.3, -0.25) is 14.4 Å². The van der Waals surface area contributed by atoms with E-state index in [2.05, 4.69) is 14.8 Å². The van der Waals surface area contributed by atoms with Gasteiger partial charge in [0.15, 0.2) is 6.61 Å². The summed E-state index contributed by atoms with van der Waals surface area (Å²) in [4.78, 5) is 35.8. The maximum atomic E-state index is 12.7. The Morgan fingerprint density at radius 1 is 1.00 bits per heavy atom. The largest absolute Gasteiger partial charge is 0.456 e. The van der Waals surface area contributed by atoms with Crippen molar-refractivity contribution in [2.45, 2.75) is 32.3 Å². The van der Waals surface area contributed by atoms with Gasteiger partial charge in [0.05, 0.1) is 4.90 Å². The summed E-state index contributed by atoms with van der Waals surface area (Å²) in [5, 5.41) is 2.51. The number of sulfonamides is 1. The smallest absolute Gasteiger partial charge is 0.387 e. The van der Waals surface area contributed by atoms with Crippen molar-refractivity contribution in [1.82, 2.24) is 9.29 Å². The molecule has 1 amide bonds. The van der Waals surface area contributed by atoms with Crippen molar-refractivity contribution in [3.63, 3.8) is 0 Å². The standard InChI is InChI=1S/C25H25F2N3O7S/c1-15-12-22(16(2)30(15)19-6-8-20(9-7-19)37-25(26)27)23(32)14-36-24(33)13-28-38(34,35)21-10-4-18(5-11-21)29-17(3)31/h4-12,25,28H,13-14H2,1-3H3,(H,29,31). The Morgan fingerprint density at radius 3 is 2.21 bits per heavy atom. The zero-order chi connectivity index (χ0) is 28.0. The lowest BCUT2D eigenvalue weighted by Crippen LogP contribution is -2.31. The first-order chi connectivity index (χ1) is 17.9. The first kappa shape index (κ1) is 28.5. The lowest BCUT2D eigenvalue weighted by Gasteiger charge is -2.11. The van der Waals surface area contributed by atoms with E-state index in [1.165, 1.54) is 43.3 Å². The molecule has 2 N–H and O–H groups in total. The molecule has 0 spiro atoms. The van der Waals surface area contributed by atoms with E-state index in [9.17, 15) is 31.6 Å². The van der Waals surface area contributed by atoms with Crippen molar-refractivity contribution in [1.29, 1.82) is 0 Å². The number of carbonyl (C=O) groups is 3. The molecule has 0 saturated heterocycles. The van der Waals surface area contributed by atoms with Crippen LogP contribution < -0.4 is 14.8 Å². The number of hydrogen-bond acceptors (Lipinski definition) is 7. The number of ether oxygens (including phenoxy) is 2. The number of carbonyl (C=O) groups excluding carboxylic acids is 3. The van der Waals surface area contributed by atoms with Gasteiger partial charge in [0, 0.05) is 35.2 Å². The highest BCUT2D eigenvalue weighted by Crippen LogP contribution is 2.24. The third-order valence-electron chi connectivity index (χ3n) is 5.31. The summed E-state index contributed by atoms with van der Waals surface area (Å²) >= 11 is 0. The number of nitrogens with zero attached hydrogens (tertiary/aromatic N) is 1. The molecule has 3 rings (SSSR count). The molecule has 0 aliphatic heterocycles. The normalized spacial score (nSPS) is 11.3. The van der Waals surface area contributed by atoms with Crippen LogP contribution in [0.1, 0.15) is 28.7 Å². The molecule has 10 nitrogen and oxygen atoms in total. The maximum Gasteiger partial charge on any atom is 0.387 e. The summed E-state index contributed by atoms with van der Waals surface area (Å²) in [6.07, 6.45) is 0. The average molecular weight is 550 g/mol. The molecule has 13 heteroatoms. The predicted molar refractivity (Wildman–Crippen MR) is 133 cm³/mol. The van der Waals surface area contributed by atoms with Gasteiger partial charge >= 0.3 is 12.6 Å². The van der Waals surface area contributed by atoms with Crippen LogP contribution in [-0.4, -0.2) is 50.4 Å². The predicted octanol–water partition coefficient (Wildman–Crippen LogP) is 3.36. The first-order valence-electron chi connectivity index (χ1n) is 11.2. The van der Waals surface area contributed by atoms with Crippen LogP contribution in [0.25, 0.3) is 5.69 Å². The molecule has 0 saturated carbocycles. The minimum absolute atomic E-state index is 0.00736. The van der Waals surface area contributed by atoms with Crippen LogP contribution in [0.4, 0.5) is 14.5 Å². The molecule has 38 heavy (non-hydrogen) atoms. The number of amides is 1. The number of hydrogen-bond donors (Lipinski definition) is 2. The second-order valence-electron chi connectivity index (χ2n) is 8.11. The van der Waals surface area contributed by atoms with Crippen LogP contribution in [0, 0.1) is 13.8 Å². The van der Waals surface area contributed by atoms with Crippen molar-refractivity contribution >= 4 is 33.4 Å². The van der Waals surface area contributed by atoms with Crippen molar-refractivity contribution < 1.29 is 41.1 Å². The molecular formula is C25H25F2N3O7S. The lowest BCUT2D eigenvalue weighted by molar-refractivity contribution is -0.141. The zero-order valence-electron chi connectivity index (χ0n) is 20.7. The summed E-state index contributed by atoms with van der Waals surface area (Å²) in [5.41, 5.74) is 2.51. The minimum Gasteiger partial charge on any atom is -0.456 e. The average Bonchev–Trinajstić information content (AvgIpc) is 3.15. The van der Waals surface area contributed by atoms with Crippen LogP contribution >= 0.6 is 0 Å². The number of aromatic nitrogens is 1. The fourth-order valence-electron chi connectivity index (χ4n) is 3.65. The van der Waals surface area contributed by atoms with Crippen LogP contribution in [0.2, 0.25) is 0 Å². The van der Waals surface area contributed by atoms with Crippen LogP contribution in [0.5, 0.6) is 5.75 Å². The van der Waals surface area contributed by atoms with E-state index in [0.29, 0.717) is 22.8 Å². The summed E-state index contributed by atoms with van der Waals surface area (Å²) in [5.74, 6) is -1.78. The SMILES string of the molecule is CC(=O)Nc1ccc(S(=O)(=O)NCC(=O)OCC(=O)c2cc(C)n(-c3ccc(OC(F)F)cc3)c2C)cc1. The highest BCUT2D eigenvalue weighted by molar-refractivity contribution is 7.89. The molecule has 0 bridgehead atoms. The Morgan fingerprint density at radius 2 is 1.63 bits per heavy atom. The van der Waals surface area contributed by atoms with Crippen molar-refractivity contribution in [2.75, 3.05) is 18.5 Å². The Bertz CT molecular complexity index is 1430. The van der Waals surface area contributed by atoms with Gasteiger partial charge in [-0.1, -0.05) is 0 Å². The highest BCUT2D eigenvalue weighted by atomic mass is 32.2. The van der Waals surface area contributed by atoms with Gasteiger partial charge in [-0.05, 0) is 68.4 Å². The number of ketones is 1. The number of esters is 1. The number of anilines is 1. The van der Waals surface area contributed by atoms with Crippen molar-refractivity contribution in [3.8, 4) is 11.4 Å². The van der Waals surface area contributed by atoms with E-state index in [-0.39, 0.29) is 22.1 Å². The van der Waals surface area contributed by atoms with Crippen LogP contribution in [0.15, 0.2) is 59.5 Å². The van der Waals surface area contributed by atoms with Crippen LogP contribution in [-0.2, 0) is 24.3 Å². The summed E-state index contributed by atoms with van der Waals surface area (Å²) < 4.78 is 62.7. The third kappa shape index (κ3) is 7.23. The molecule has 3 aromatic rings. The van der Waals surface area contributed by atoms with E-state index in [1.807, 2.05) is 0 Å². The fourth-order valence-corrected chi connectivity index (χ4v) is 4.62. The van der Waals surface area contributed by atoms with Gasteiger partial charge in [0.1, 0.15) is 12.3 Å². The molecule has 0 fully saturated rings. The molecule has 1 heterocycles. The van der Waals surface area contributed by atoms with Gasteiger partial charge in [-0.2, -0.15) is 13.5 Å².